The molecule has 1 atom stereocenters. The van der Waals surface area contributed by atoms with E-state index in [2.05, 4.69) is 20.7 Å². The van der Waals surface area contributed by atoms with Gasteiger partial charge >= 0.3 is 0 Å². The van der Waals surface area contributed by atoms with Crippen molar-refractivity contribution in [3.05, 3.63) is 35.9 Å². The number of nitrogens with zero attached hydrogens (tertiary/aromatic N) is 3. The third kappa shape index (κ3) is 3.40. The first-order chi connectivity index (χ1) is 11.5. The largest absolute Gasteiger partial charge is 0.550 e. The minimum atomic E-state index is -1.31. The van der Waals surface area contributed by atoms with Crippen LogP contribution < -0.4 is 15.7 Å². The lowest BCUT2D eigenvalue weighted by molar-refractivity contribution is -0.305. The number of nitrogens with one attached hydrogen (secondary N) is 2. The number of carbonyl (C=O) groups excluding carboxylic acids is 3. The third-order valence-electron chi connectivity index (χ3n) is 3.55. The van der Waals surface area contributed by atoms with Crippen molar-refractivity contribution in [1.82, 2.24) is 14.8 Å². The predicted octanol–water partition coefficient (Wildman–Crippen LogP) is -0.322. The normalized spacial score (nSPS) is 16.2. The monoisotopic (exact) mass is 328 g/mol. The molecular formula is C15H14N5O4-. The molecule has 2 aromatic rings. The minimum absolute atomic E-state index is 0.0106. The van der Waals surface area contributed by atoms with Gasteiger partial charge in [-0.3, -0.25) is 20.2 Å². The van der Waals surface area contributed by atoms with Gasteiger partial charge in [0.1, 0.15) is 0 Å². The minimum Gasteiger partial charge on any atom is -0.550 e. The molecule has 1 aliphatic rings. The number of benzene rings is 1. The second kappa shape index (κ2) is 6.49. The summed E-state index contributed by atoms with van der Waals surface area (Å²) in [5.74, 6) is -1.80. The van der Waals surface area contributed by atoms with Gasteiger partial charge in [-0.15, -0.1) is 5.10 Å². The molecule has 2 amide bonds. The van der Waals surface area contributed by atoms with Crippen molar-refractivity contribution < 1.29 is 19.5 Å². The van der Waals surface area contributed by atoms with Gasteiger partial charge in [0.05, 0.1) is 12.5 Å². The Bertz CT molecular complexity index is 786. The van der Waals surface area contributed by atoms with Crippen molar-refractivity contribution in [2.45, 2.75) is 25.3 Å². The predicted molar refractivity (Wildman–Crippen MR) is 80.7 cm³/mol. The molecule has 2 N–H and O–H groups in total. The number of hydrogen-bond donors (Lipinski definition) is 2. The van der Waals surface area contributed by atoms with Crippen molar-refractivity contribution >= 4 is 29.7 Å². The lowest BCUT2D eigenvalue weighted by atomic mass is 10.0. The van der Waals surface area contributed by atoms with E-state index in [1.165, 1.54) is 4.68 Å². The first kappa shape index (κ1) is 15.7. The van der Waals surface area contributed by atoms with Gasteiger partial charge < -0.3 is 9.90 Å². The highest BCUT2D eigenvalue weighted by molar-refractivity contribution is 5.93. The average Bonchev–Trinajstić information content (AvgIpc) is 2.95. The van der Waals surface area contributed by atoms with E-state index in [0.717, 1.165) is 5.56 Å². The first-order valence-corrected chi connectivity index (χ1v) is 7.34. The molecule has 1 unspecified atom stereocenters. The summed E-state index contributed by atoms with van der Waals surface area (Å²) in [4.78, 5) is 38.0. The molecule has 1 aromatic heterocycles. The summed E-state index contributed by atoms with van der Waals surface area (Å²) in [6.45, 7) is 0. The van der Waals surface area contributed by atoms with E-state index in [-0.39, 0.29) is 43.1 Å². The standard InChI is InChI=1S/C15H15N5O4/c21-11(6-7-13(23)24)16-14-18-15-17-12(22)8-10(20(15)19-14)9-4-2-1-3-5-9/h1-5,10H,6-8H2,(H,23,24)(H2,16,17,18,19,21,22)/p-1. The topological polar surface area (TPSA) is 129 Å². The number of aliphatic carboxylic acids is 1. The summed E-state index contributed by atoms with van der Waals surface area (Å²) < 4.78 is 1.53. The third-order valence-corrected chi connectivity index (χ3v) is 3.55. The van der Waals surface area contributed by atoms with Crippen LogP contribution in [0.1, 0.15) is 30.9 Å². The van der Waals surface area contributed by atoms with Gasteiger partial charge in [0, 0.05) is 12.4 Å². The highest BCUT2D eigenvalue weighted by Gasteiger charge is 2.29. The Balaban J connectivity index is 1.81. The maximum atomic E-state index is 11.9. The van der Waals surface area contributed by atoms with Crippen molar-refractivity contribution in [2.75, 3.05) is 10.6 Å². The van der Waals surface area contributed by atoms with Crippen molar-refractivity contribution in [1.29, 1.82) is 0 Å². The Kier molecular flexibility index (Phi) is 4.23. The van der Waals surface area contributed by atoms with Crippen LogP contribution in [0.3, 0.4) is 0 Å². The number of carboxylic acids is 1. The fourth-order valence-corrected chi connectivity index (χ4v) is 2.45. The van der Waals surface area contributed by atoms with Gasteiger partial charge in [-0.2, -0.15) is 4.98 Å². The van der Waals surface area contributed by atoms with E-state index in [4.69, 9.17) is 0 Å². The van der Waals surface area contributed by atoms with E-state index in [0.29, 0.717) is 0 Å². The number of amides is 2. The SMILES string of the molecule is O=C([O-])CCC(=O)Nc1nc2n(n1)C(c1ccccc1)CC(=O)N2. The maximum Gasteiger partial charge on any atom is 0.250 e. The summed E-state index contributed by atoms with van der Waals surface area (Å²) in [5, 5.41) is 19.6. The molecule has 0 spiro atoms. The van der Waals surface area contributed by atoms with Gasteiger partial charge in [0.2, 0.25) is 17.8 Å². The van der Waals surface area contributed by atoms with Crippen LogP contribution in [0.25, 0.3) is 0 Å². The molecule has 0 saturated heterocycles. The molecular weight excluding hydrogens is 314 g/mol. The van der Waals surface area contributed by atoms with E-state index >= 15 is 0 Å². The average molecular weight is 328 g/mol. The molecule has 124 valence electrons. The molecule has 1 aliphatic heterocycles. The number of aromatic nitrogens is 3. The zero-order valence-electron chi connectivity index (χ0n) is 12.6. The molecule has 9 nitrogen and oxygen atoms in total. The van der Waals surface area contributed by atoms with Crippen molar-refractivity contribution in [2.24, 2.45) is 0 Å². The molecule has 0 fully saturated rings. The molecule has 9 heteroatoms. The molecule has 1 aromatic carbocycles. The number of rotatable bonds is 5. The lowest BCUT2D eigenvalue weighted by Gasteiger charge is -2.23. The van der Waals surface area contributed by atoms with Crippen molar-refractivity contribution in [3.8, 4) is 0 Å². The molecule has 0 bridgehead atoms. The van der Waals surface area contributed by atoms with Crippen LogP contribution >= 0.6 is 0 Å². The van der Waals surface area contributed by atoms with Crippen LogP contribution in [-0.4, -0.2) is 32.5 Å². The van der Waals surface area contributed by atoms with Gasteiger partial charge in [0.15, 0.2) is 0 Å². The second-order valence-corrected chi connectivity index (χ2v) is 5.30. The molecule has 2 heterocycles. The molecule has 0 aliphatic carbocycles. The van der Waals surface area contributed by atoms with Crippen molar-refractivity contribution in [3.63, 3.8) is 0 Å². The Morgan fingerprint density at radius 2 is 2.04 bits per heavy atom. The number of carbonyl (C=O) groups is 3. The Morgan fingerprint density at radius 1 is 1.29 bits per heavy atom. The fraction of sp³-hybridized carbons (Fsp3) is 0.267. The summed E-state index contributed by atoms with van der Waals surface area (Å²) in [5.41, 5.74) is 0.897. The van der Waals surface area contributed by atoms with Crippen LogP contribution in [-0.2, 0) is 14.4 Å². The van der Waals surface area contributed by atoms with E-state index < -0.39 is 11.9 Å². The highest BCUT2D eigenvalue weighted by atomic mass is 16.4. The summed E-state index contributed by atoms with van der Waals surface area (Å²) in [7, 11) is 0. The highest BCUT2D eigenvalue weighted by Crippen LogP contribution is 2.29. The maximum absolute atomic E-state index is 11.9. The van der Waals surface area contributed by atoms with Gasteiger partial charge in [-0.25, -0.2) is 4.68 Å². The van der Waals surface area contributed by atoms with Gasteiger partial charge in [-0.05, 0) is 12.0 Å². The van der Waals surface area contributed by atoms with E-state index in [1.807, 2.05) is 30.3 Å². The number of anilines is 2. The Morgan fingerprint density at radius 3 is 2.75 bits per heavy atom. The molecule has 0 saturated carbocycles. The first-order valence-electron chi connectivity index (χ1n) is 7.34. The summed E-state index contributed by atoms with van der Waals surface area (Å²) >= 11 is 0. The summed E-state index contributed by atoms with van der Waals surface area (Å²) in [6, 6.07) is 9.04. The quantitative estimate of drug-likeness (QED) is 0.774. The smallest absolute Gasteiger partial charge is 0.250 e. The Hall–Kier alpha value is -3.23. The summed E-state index contributed by atoms with van der Waals surface area (Å²) in [6.07, 6.45) is -0.415. The van der Waals surface area contributed by atoms with Crippen LogP contribution in [0.4, 0.5) is 11.9 Å². The van der Waals surface area contributed by atoms with E-state index in [9.17, 15) is 19.5 Å². The molecule has 0 radical (unpaired) electrons. The van der Waals surface area contributed by atoms with Gasteiger partial charge in [0.25, 0.3) is 5.95 Å². The van der Waals surface area contributed by atoms with Crippen LogP contribution in [0.2, 0.25) is 0 Å². The fourth-order valence-electron chi connectivity index (χ4n) is 2.45. The van der Waals surface area contributed by atoms with Gasteiger partial charge in [-0.1, -0.05) is 30.3 Å². The number of hydrogen-bond acceptors (Lipinski definition) is 6. The number of fused-ring (bicyclic) bond motifs is 1. The van der Waals surface area contributed by atoms with Crippen LogP contribution in [0, 0.1) is 0 Å². The lowest BCUT2D eigenvalue weighted by Crippen LogP contribution is -2.29. The zero-order valence-corrected chi connectivity index (χ0v) is 12.6. The zero-order chi connectivity index (χ0) is 17.1. The van der Waals surface area contributed by atoms with E-state index in [1.54, 1.807) is 0 Å². The Labute approximate surface area is 136 Å². The molecule has 3 rings (SSSR count). The van der Waals surface area contributed by atoms with Crippen LogP contribution in [0.5, 0.6) is 0 Å². The van der Waals surface area contributed by atoms with Crippen LogP contribution in [0.15, 0.2) is 30.3 Å². The second-order valence-electron chi connectivity index (χ2n) is 5.30. The molecule has 24 heavy (non-hydrogen) atoms. The number of carboxylic acid groups (broad SMARTS) is 1.